The number of ether oxygens (including phenoxy) is 2. The van der Waals surface area contributed by atoms with Crippen LogP contribution in [0.3, 0.4) is 0 Å². The first-order valence-corrected chi connectivity index (χ1v) is 18.7. The Hall–Kier alpha value is -4.61. The van der Waals surface area contributed by atoms with Crippen LogP contribution < -0.4 is 4.74 Å². The molecule has 0 spiro atoms. The summed E-state index contributed by atoms with van der Waals surface area (Å²) in [6.45, 7) is 13.1. The van der Waals surface area contributed by atoms with Gasteiger partial charge in [-0.2, -0.15) is 5.10 Å². The minimum absolute atomic E-state index is 0.172. The largest absolute Gasteiger partial charge is 0.493 e. The Kier molecular flexibility index (Phi) is 9.93. The van der Waals surface area contributed by atoms with Crippen LogP contribution in [0, 0.1) is 25.6 Å². The van der Waals surface area contributed by atoms with Crippen molar-refractivity contribution in [3.05, 3.63) is 82.0 Å². The summed E-state index contributed by atoms with van der Waals surface area (Å²) in [6, 6.07) is 14.1. The summed E-state index contributed by atoms with van der Waals surface area (Å²) in [5, 5.41) is 18.5. The molecule has 0 bridgehead atoms. The van der Waals surface area contributed by atoms with Crippen LogP contribution in [0.15, 0.2) is 48.5 Å². The lowest BCUT2D eigenvalue weighted by atomic mass is 9.98. The van der Waals surface area contributed by atoms with Crippen LogP contribution in [0.2, 0.25) is 5.02 Å². The molecule has 2 aliphatic rings. The number of aromatic carboxylic acids is 1. The average molecular weight is 744 g/mol. The number of rotatable bonds is 10. The zero-order chi connectivity index (χ0) is 37.8. The van der Waals surface area contributed by atoms with Crippen LogP contribution in [0.1, 0.15) is 61.1 Å². The van der Waals surface area contributed by atoms with E-state index in [2.05, 4.69) is 10.00 Å². The molecule has 3 aromatic carbocycles. The van der Waals surface area contributed by atoms with Crippen LogP contribution in [-0.4, -0.2) is 85.7 Å². The van der Waals surface area contributed by atoms with E-state index < -0.39 is 11.6 Å². The molecule has 4 heterocycles. The van der Waals surface area contributed by atoms with Crippen molar-refractivity contribution in [3.8, 4) is 16.9 Å². The molecule has 2 atom stereocenters. The molecule has 0 radical (unpaired) electrons. The van der Waals surface area contributed by atoms with E-state index in [1.807, 2.05) is 86.1 Å². The Morgan fingerprint density at radius 3 is 2.53 bits per heavy atom. The number of aromatic nitrogens is 3. The Labute approximate surface area is 314 Å². The quantitative estimate of drug-likeness (QED) is 0.144. The SMILES string of the molecule is Cc1nn(C)c(C)c1-c1c(Cl)ccc2c(CCCOc3cccc4cc(F)ccc34)c(C(=O)O)n(CCN3CCC4CN(C(=O)OC(C)(C)C)CC43)c12. The number of carboxylic acids is 1. The van der Waals surface area contributed by atoms with Crippen LogP contribution >= 0.6 is 11.6 Å². The van der Waals surface area contributed by atoms with E-state index in [4.69, 9.17) is 21.1 Å². The summed E-state index contributed by atoms with van der Waals surface area (Å²) in [7, 11) is 1.89. The number of carbonyl (C=O) groups excluding carboxylic acids is 1. The summed E-state index contributed by atoms with van der Waals surface area (Å²) in [6.07, 6.45) is 1.68. The molecule has 280 valence electrons. The third-order valence-corrected chi connectivity index (χ3v) is 11.1. The fraction of sp³-hybridized carbons (Fsp3) is 0.439. The molecule has 10 nitrogen and oxygen atoms in total. The van der Waals surface area contributed by atoms with Crippen molar-refractivity contribution in [1.29, 1.82) is 0 Å². The summed E-state index contributed by atoms with van der Waals surface area (Å²) in [5.41, 5.74) is 4.58. The third kappa shape index (κ3) is 7.09. The number of nitrogens with zero attached hydrogens (tertiary/aromatic N) is 5. The van der Waals surface area contributed by atoms with Gasteiger partial charge in [0, 0.05) is 66.9 Å². The highest BCUT2D eigenvalue weighted by Crippen LogP contribution is 2.42. The van der Waals surface area contributed by atoms with Gasteiger partial charge in [0.1, 0.15) is 22.9 Å². The zero-order valence-electron chi connectivity index (χ0n) is 31.2. The van der Waals surface area contributed by atoms with Gasteiger partial charge < -0.3 is 24.0 Å². The second kappa shape index (κ2) is 14.3. The standard InChI is InChI=1S/C41H47ClFN5O5/c1-24-35(25(2)45(6)44-24)36-32(42)15-14-31-30(10-8-20-52-34-11-7-9-26-21-28(43)12-13-29(26)34)38(39(49)50)48(37(31)36)19-18-46-17-16-27-22-47(23-33(27)46)40(51)53-41(3,4)5/h7,9,11-15,21,27,33H,8,10,16-20,22-23H2,1-6H3,(H,49,50). The van der Waals surface area contributed by atoms with E-state index in [9.17, 15) is 19.1 Å². The molecule has 0 saturated carbocycles. The molecule has 2 saturated heterocycles. The third-order valence-electron chi connectivity index (χ3n) is 10.8. The summed E-state index contributed by atoms with van der Waals surface area (Å²) < 4.78 is 29.5. The highest BCUT2D eigenvalue weighted by molar-refractivity contribution is 6.35. The Morgan fingerprint density at radius 1 is 1.04 bits per heavy atom. The zero-order valence-corrected chi connectivity index (χ0v) is 32.0. The highest BCUT2D eigenvalue weighted by atomic mass is 35.5. The summed E-state index contributed by atoms with van der Waals surface area (Å²) >= 11 is 7.05. The number of likely N-dealkylation sites (tertiary alicyclic amines) is 2. The van der Waals surface area contributed by atoms with Gasteiger partial charge in [-0.05, 0) is 108 Å². The molecule has 1 amide bonds. The molecule has 2 fully saturated rings. The molecule has 7 rings (SSSR count). The van der Waals surface area contributed by atoms with E-state index in [1.165, 1.54) is 12.1 Å². The van der Waals surface area contributed by atoms with Crippen molar-refractivity contribution in [2.24, 2.45) is 13.0 Å². The van der Waals surface area contributed by atoms with Crippen molar-refractivity contribution in [2.45, 2.75) is 72.1 Å². The molecule has 1 N–H and O–H groups in total. The minimum atomic E-state index is -1.01. The Morgan fingerprint density at radius 2 is 1.81 bits per heavy atom. The van der Waals surface area contributed by atoms with Gasteiger partial charge in [-0.3, -0.25) is 9.58 Å². The van der Waals surface area contributed by atoms with Crippen molar-refractivity contribution >= 4 is 45.3 Å². The van der Waals surface area contributed by atoms with E-state index in [0.29, 0.717) is 62.3 Å². The lowest BCUT2D eigenvalue weighted by Crippen LogP contribution is -2.40. The van der Waals surface area contributed by atoms with E-state index in [1.54, 1.807) is 6.07 Å². The molecule has 2 aromatic heterocycles. The van der Waals surface area contributed by atoms with Gasteiger partial charge in [0.25, 0.3) is 0 Å². The second-order valence-electron chi connectivity index (χ2n) is 15.4. The lowest BCUT2D eigenvalue weighted by molar-refractivity contribution is 0.0271. The number of aryl methyl sites for hydroxylation is 3. The molecule has 2 aliphatic heterocycles. The fourth-order valence-electron chi connectivity index (χ4n) is 8.40. The number of fused-ring (bicyclic) bond motifs is 3. The van der Waals surface area contributed by atoms with E-state index in [0.717, 1.165) is 62.7 Å². The molecular formula is C41H47ClFN5O5. The van der Waals surface area contributed by atoms with Crippen LogP contribution in [0.25, 0.3) is 32.8 Å². The van der Waals surface area contributed by atoms with Crippen molar-refractivity contribution in [3.63, 3.8) is 0 Å². The van der Waals surface area contributed by atoms with Crippen LogP contribution in [-0.2, 0) is 24.8 Å². The maximum atomic E-state index is 13.9. The smallest absolute Gasteiger partial charge is 0.410 e. The first kappa shape index (κ1) is 36.7. The van der Waals surface area contributed by atoms with Crippen LogP contribution in [0.4, 0.5) is 9.18 Å². The topological polar surface area (TPSA) is 102 Å². The van der Waals surface area contributed by atoms with E-state index >= 15 is 0 Å². The predicted molar refractivity (Wildman–Crippen MR) is 205 cm³/mol. The molecule has 12 heteroatoms. The molecular weight excluding hydrogens is 697 g/mol. The van der Waals surface area contributed by atoms with Crippen molar-refractivity contribution in [2.75, 3.05) is 32.8 Å². The van der Waals surface area contributed by atoms with Crippen molar-refractivity contribution < 1.29 is 28.6 Å². The lowest BCUT2D eigenvalue weighted by Gasteiger charge is -2.27. The number of hydrogen-bond donors (Lipinski definition) is 1. The van der Waals surface area contributed by atoms with Gasteiger partial charge in [0.05, 0.1) is 22.8 Å². The average Bonchev–Trinajstić information content (AvgIpc) is 3.82. The van der Waals surface area contributed by atoms with Gasteiger partial charge in [-0.1, -0.05) is 29.8 Å². The first-order valence-electron chi connectivity index (χ1n) is 18.3. The molecule has 5 aromatic rings. The van der Waals surface area contributed by atoms with Gasteiger partial charge in [0.2, 0.25) is 0 Å². The molecule has 2 unspecified atom stereocenters. The maximum Gasteiger partial charge on any atom is 0.410 e. The van der Waals surface area contributed by atoms with Gasteiger partial charge in [0.15, 0.2) is 0 Å². The number of benzene rings is 3. The van der Waals surface area contributed by atoms with Crippen molar-refractivity contribution in [1.82, 2.24) is 24.1 Å². The number of hydrogen-bond acceptors (Lipinski definition) is 6. The van der Waals surface area contributed by atoms with E-state index in [-0.39, 0.29) is 23.6 Å². The van der Waals surface area contributed by atoms with Gasteiger partial charge in [-0.25, -0.2) is 14.0 Å². The fourth-order valence-corrected chi connectivity index (χ4v) is 8.65. The number of amides is 1. The van der Waals surface area contributed by atoms with Crippen LogP contribution in [0.5, 0.6) is 5.75 Å². The monoisotopic (exact) mass is 743 g/mol. The first-order chi connectivity index (χ1) is 25.2. The number of carboxylic acid groups (broad SMARTS) is 1. The number of halogens is 2. The minimum Gasteiger partial charge on any atom is -0.493 e. The maximum absolute atomic E-state index is 13.9. The molecule has 53 heavy (non-hydrogen) atoms. The Balaban J connectivity index is 1.21. The van der Waals surface area contributed by atoms with Gasteiger partial charge in [-0.15, -0.1) is 0 Å². The normalized spacial score (nSPS) is 17.6. The summed E-state index contributed by atoms with van der Waals surface area (Å²) in [4.78, 5) is 30.5. The summed E-state index contributed by atoms with van der Waals surface area (Å²) in [5.74, 6) is -0.323. The molecule has 0 aliphatic carbocycles. The van der Waals surface area contributed by atoms with Gasteiger partial charge >= 0.3 is 12.1 Å². The Bertz CT molecular complexity index is 2220. The number of carbonyl (C=O) groups is 2. The second-order valence-corrected chi connectivity index (χ2v) is 15.8. The predicted octanol–water partition coefficient (Wildman–Crippen LogP) is 8.26. The highest BCUT2D eigenvalue weighted by Gasteiger charge is 2.44.